The molecule has 1 unspecified atom stereocenters. The normalized spacial score (nSPS) is 20.1. The maximum Gasteiger partial charge on any atom is 0.251 e. The van der Waals surface area contributed by atoms with Crippen molar-refractivity contribution in [2.75, 3.05) is 12.3 Å². The highest BCUT2D eigenvalue weighted by Crippen LogP contribution is 2.16. The predicted molar refractivity (Wildman–Crippen MR) is 65.8 cm³/mol. The third-order valence-corrected chi connectivity index (χ3v) is 3.72. The zero-order valence-corrected chi connectivity index (χ0v) is 10.1. The van der Waals surface area contributed by atoms with E-state index >= 15 is 0 Å². The Bertz CT molecular complexity index is 373. The Kier molecular flexibility index (Phi) is 4.42. The molecule has 0 saturated carbocycles. The van der Waals surface area contributed by atoms with Crippen molar-refractivity contribution in [3.8, 4) is 0 Å². The van der Waals surface area contributed by atoms with Crippen molar-refractivity contribution < 1.29 is 0 Å². The Morgan fingerprint density at radius 3 is 3.25 bits per heavy atom. The third kappa shape index (κ3) is 3.64. The maximum absolute atomic E-state index is 11.0. The predicted octanol–water partition coefficient (Wildman–Crippen LogP) is 1.39. The van der Waals surface area contributed by atoms with Crippen molar-refractivity contribution in [3.05, 3.63) is 22.6 Å². The summed E-state index contributed by atoms with van der Waals surface area (Å²) in [5.74, 6) is 1.02. The first kappa shape index (κ1) is 11.7. The monoisotopic (exact) mass is 239 g/mol. The van der Waals surface area contributed by atoms with Gasteiger partial charge in [-0.25, -0.2) is 4.98 Å². The summed E-state index contributed by atoms with van der Waals surface area (Å²) in [6.07, 6.45) is 6.57. The van der Waals surface area contributed by atoms with Crippen LogP contribution in [0.2, 0.25) is 0 Å². The number of nitrogens with zero attached hydrogens (tertiary/aromatic N) is 1. The molecule has 0 aromatic carbocycles. The van der Waals surface area contributed by atoms with Crippen LogP contribution in [0, 0.1) is 0 Å². The van der Waals surface area contributed by atoms with E-state index in [4.69, 9.17) is 0 Å². The zero-order chi connectivity index (χ0) is 11.2. The number of nitrogens with one attached hydrogen (secondary N) is 2. The second-order valence-corrected chi connectivity index (χ2v) is 5.11. The fourth-order valence-corrected chi connectivity index (χ4v) is 2.74. The van der Waals surface area contributed by atoms with Gasteiger partial charge in [-0.05, 0) is 32.2 Å². The van der Waals surface area contributed by atoms with E-state index in [0.29, 0.717) is 6.04 Å². The molecule has 0 radical (unpaired) electrons. The molecule has 16 heavy (non-hydrogen) atoms. The summed E-state index contributed by atoms with van der Waals surface area (Å²) in [5, 5.41) is 4.21. The summed E-state index contributed by atoms with van der Waals surface area (Å²) in [7, 11) is 0. The van der Waals surface area contributed by atoms with Gasteiger partial charge in [0.1, 0.15) is 0 Å². The molecule has 0 bridgehead atoms. The van der Waals surface area contributed by atoms with E-state index in [1.54, 1.807) is 18.0 Å². The van der Waals surface area contributed by atoms with Crippen molar-refractivity contribution in [1.82, 2.24) is 15.3 Å². The second-order valence-electron chi connectivity index (χ2n) is 4.02. The summed E-state index contributed by atoms with van der Waals surface area (Å²) in [4.78, 5) is 17.8. The molecule has 1 atom stereocenters. The molecule has 1 aliphatic rings. The van der Waals surface area contributed by atoms with Crippen LogP contribution in [0.3, 0.4) is 0 Å². The molecule has 5 heteroatoms. The van der Waals surface area contributed by atoms with Crippen molar-refractivity contribution in [3.63, 3.8) is 0 Å². The number of hydrogen-bond donors (Lipinski definition) is 2. The highest BCUT2D eigenvalue weighted by Gasteiger charge is 2.12. The Morgan fingerprint density at radius 1 is 1.56 bits per heavy atom. The highest BCUT2D eigenvalue weighted by molar-refractivity contribution is 7.99. The third-order valence-electron chi connectivity index (χ3n) is 2.75. The van der Waals surface area contributed by atoms with Gasteiger partial charge >= 0.3 is 0 Å². The van der Waals surface area contributed by atoms with E-state index in [1.807, 2.05) is 0 Å². The van der Waals surface area contributed by atoms with Crippen molar-refractivity contribution >= 4 is 11.8 Å². The van der Waals surface area contributed by atoms with Crippen LogP contribution in [0.1, 0.15) is 25.7 Å². The molecule has 1 aliphatic heterocycles. The standard InChI is InChI=1S/C11H17N3OS/c15-10-5-7-13-11(14-10)16-8-2-4-9-3-1-6-12-9/h5,7,9,12H,1-4,6,8H2,(H,13,14,15). The van der Waals surface area contributed by atoms with Gasteiger partial charge in [0, 0.05) is 24.1 Å². The van der Waals surface area contributed by atoms with Crippen molar-refractivity contribution in [2.45, 2.75) is 36.9 Å². The first-order valence-corrected chi connectivity index (χ1v) is 6.75. The molecule has 1 saturated heterocycles. The highest BCUT2D eigenvalue weighted by atomic mass is 32.2. The molecule has 2 N–H and O–H groups in total. The molecule has 1 aromatic rings. The zero-order valence-electron chi connectivity index (χ0n) is 9.24. The lowest BCUT2D eigenvalue weighted by atomic mass is 10.1. The van der Waals surface area contributed by atoms with Crippen LogP contribution in [-0.4, -0.2) is 28.3 Å². The van der Waals surface area contributed by atoms with Crippen LogP contribution in [-0.2, 0) is 0 Å². The van der Waals surface area contributed by atoms with E-state index in [1.165, 1.54) is 38.3 Å². The Hall–Kier alpha value is -0.810. The van der Waals surface area contributed by atoms with Gasteiger partial charge in [-0.3, -0.25) is 4.79 Å². The largest absolute Gasteiger partial charge is 0.314 e. The summed E-state index contributed by atoms with van der Waals surface area (Å²) < 4.78 is 0. The molecule has 0 spiro atoms. The van der Waals surface area contributed by atoms with Gasteiger partial charge in [0.2, 0.25) is 0 Å². The fraction of sp³-hybridized carbons (Fsp3) is 0.636. The SMILES string of the molecule is O=c1ccnc(SCCCC2CCCN2)[nH]1. The van der Waals surface area contributed by atoms with Crippen molar-refractivity contribution in [1.29, 1.82) is 0 Å². The fourth-order valence-electron chi connectivity index (χ4n) is 1.93. The van der Waals surface area contributed by atoms with E-state index in [2.05, 4.69) is 15.3 Å². The Labute approximate surface area is 99.3 Å². The Balaban J connectivity index is 1.66. The molecule has 0 aliphatic carbocycles. The molecular formula is C11H17N3OS. The van der Waals surface area contributed by atoms with Gasteiger partial charge in [-0.15, -0.1) is 0 Å². The second kappa shape index (κ2) is 6.06. The minimum atomic E-state index is -0.0741. The smallest absolute Gasteiger partial charge is 0.251 e. The summed E-state index contributed by atoms with van der Waals surface area (Å²) in [5.41, 5.74) is -0.0741. The molecule has 2 rings (SSSR count). The van der Waals surface area contributed by atoms with Crippen molar-refractivity contribution in [2.24, 2.45) is 0 Å². The van der Waals surface area contributed by atoms with Crippen LogP contribution < -0.4 is 10.9 Å². The molecule has 88 valence electrons. The van der Waals surface area contributed by atoms with Crippen LogP contribution in [0.5, 0.6) is 0 Å². The average molecular weight is 239 g/mol. The first-order valence-electron chi connectivity index (χ1n) is 5.76. The van der Waals surface area contributed by atoms with Gasteiger partial charge in [0.25, 0.3) is 5.56 Å². The first-order chi connectivity index (χ1) is 7.84. The molecule has 1 aromatic heterocycles. The van der Waals surface area contributed by atoms with Crippen LogP contribution >= 0.6 is 11.8 Å². The van der Waals surface area contributed by atoms with Crippen LogP contribution in [0.15, 0.2) is 22.2 Å². The van der Waals surface area contributed by atoms with Gasteiger partial charge in [0.15, 0.2) is 5.16 Å². The topological polar surface area (TPSA) is 57.8 Å². The molecule has 1 fully saturated rings. The number of H-pyrrole nitrogens is 1. The molecule has 4 nitrogen and oxygen atoms in total. The van der Waals surface area contributed by atoms with Gasteiger partial charge < -0.3 is 10.3 Å². The maximum atomic E-state index is 11.0. The van der Waals surface area contributed by atoms with Crippen LogP contribution in [0.25, 0.3) is 0 Å². The lowest BCUT2D eigenvalue weighted by Gasteiger charge is -2.08. The minimum Gasteiger partial charge on any atom is -0.314 e. The van der Waals surface area contributed by atoms with Gasteiger partial charge in [-0.1, -0.05) is 11.8 Å². The quantitative estimate of drug-likeness (QED) is 0.463. The van der Waals surface area contributed by atoms with E-state index < -0.39 is 0 Å². The van der Waals surface area contributed by atoms with E-state index in [9.17, 15) is 4.79 Å². The summed E-state index contributed by atoms with van der Waals surface area (Å²) >= 11 is 1.62. The van der Waals surface area contributed by atoms with Crippen LogP contribution in [0.4, 0.5) is 0 Å². The Morgan fingerprint density at radius 2 is 2.50 bits per heavy atom. The summed E-state index contributed by atoms with van der Waals surface area (Å²) in [6.45, 7) is 1.17. The number of aromatic amines is 1. The molecule has 2 heterocycles. The minimum absolute atomic E-state index is 0.0741. The lowest BCUT2D eigenvalue weighted by molar-refractivity contribution is 0.553. The number of thioether (sulfide) groups is 1. The molecule has 0 amide bonds. The number of rotatable bonds is 5. The van der Waals surface area contributed by atoms with E-state index in [-0.39, 0.29) is 5.56 Å². The molecular weight excluding hydrogens is 222 g/mol. The number of aromatic nitrogens is 2. The van der Waals surface area contributed by atoms with Gasteiger partial charge in [-0.2, -0.15) is 0 Å². The summed E-state index contributed by atoms with van der Waals surface area (Å²) in [6, 6.07) is 2.15. The number of hydrogen-bond acceptors (Lipinski definition) is 4. The lowest BCUT2D eigenvalue weighted by Crippen LogP contribution is -2.21. The van der Waals surface area contributed by atoms with E-state index in [0.717, 1.165) is 10.9 Å². The van der Waals surface area contributed by atoms with Gasteiger partial charge in [0.05, 0.1) is 0 Å². The average Bonchev–Trinajstić information content (AvgIpc) is 2.77.